The highest BCUT2D eigenvalue weighted by molar-refractivity contribution is 5.75. The smallest absolute Gasteiger partial charge is 0.318 e. The number of nitrogens with zero attached hydrogens (tertiary/aromatic N) is 1. The summed E-state index contributed by atoms with van der Waals surface area (Å²) in [6.45, 7) is 1.18. The van der Waals surface area contributed by atoms with Crippen LogP contribution in [0.3, 0.4) is 0 Å². The first-order chi connectivity index (χ1) is 10.3. The quantitative estimate of drug-likeness (QED) is 0.874. The van der Waals surface area contributed by atoms with Crippen LogP contribution < -0.4 is 5.32 Å². The fraction of sp³-hybridized carbons (Fsp3) is 0.588. The molecular weight excluding hydrogens is 264 g/mol. The van der Waals surface area contributed by atoms with Gasteiger partial charge in [0, 0.05) is 13.1 Å². The van der Waals surface area contributed by atoms with Gasteiger partial charge in [0.15, 0.2) is 0 Å². The van der Waals surface area contributed by atoms with Gasteiger partial charge in [-0.2, -0.15) is 0 Å². The highest BCUT2D eigenvalue weighted by Gasteiger charge is 2.30. The number of aryl methyl sites for hydroxylation is 1. The Balaban J connectivity index is 1.75. The fourth-order valence-electron chi connectivity index (χ4n) is 3.21. The largest absolute Gasteiger partial charge is 0.395 e. The Labute approximate surface area is 126 Å². The van der Waals surface area contributed by atoms with Crippen molar-refractivity contribution in [3.63, 3.8) is 0 Å². The maximum atomic E-state index is 12.5. The number of aliphatic hydroxyl groups excluding tert-OH is 1. The number of fused-ring (bicyclic) bond motifs is 1. The summed E-state index contributed by atoms with van der Waals surface area (Å²) in [5.74, 6) is 0.670. The molecule has 2 N–H and O–H groups in total. The van der Waals surface area contributed by atoms with Crippen molar-refractivity contribution in [1.82, 2.24) is 10.2 Å². The number of carbonyl (C=O) groups excluding carboxylic acids is 1. The van der Waals surface area contributed by atoms with Gasteiger partial charge in [-0.3, -0.25) is 0 Å². The van der Waals surface area contributed by atoms with E-state index in [2.05, 4.69) is 23.5 Å². The first kappa shape index (κ1) is 14.4. The van der Waals surface area contributed by atoms with E-state index in [4.69, 9.17) is 0 Å². The van der Waals surface area contributed by atoms with Crippen LogP contribution in [0.2, 0.25) is 0 Å². The summed E-state index contributed by atoms with van der Waals surface area (Å²) < 4.78 is 0. The van der Waals surface area contributed by atoms with Gasteiger partial charge in [0.25, 0.3) is 0 Å². The minimum atomic E-state index is -0.0300. The van der Waals surface area contributed by atoms with Gasteiger partial charge in [0.05, 0.1) is 12.6 Å². The van der Waals surface area contributed by atoms with Crippen LogP contribution in [0.15, 0.2) is 24.3 Å². The van der Waals surface area contributed by atoms with Gasteiger partial charge in [0.2, 0.25) is 0 Å². The van der Waals surface area contributed by atoms with E-state index in [0.29, 0.717) is 12.5 Å². The third kappa shape index (κ3) is 3.38. The van der Waals surface area contributed by atoms with E-state index in [1.807, 2.05) is 11.0 Å². The number of carbonyl (C=O) groups is 1. The van der Waals surface area contributed by atoms with Gasteiger partial charge in [0.1, 0.15) is 0 Å². The molecule has 0 radical (unpaired) electrons. The lowest BCUT2D eigenvalue weighted by molar-refractivity contribution is 0.144. The van der Waals surface area contributed by atoms with E-state index >= 15 is 0 Å². The molecule has 1 aromatic carbocycles. The zero-order valence-corrected chi connectivity index (χ0v) is 12.4. The first-order valence-corrected chi connectivity index (χ1v) is 8.02. The fourth-order valence-corrected chi connectivity index (χ4v) is 3.21. The minimum absolute atomic E-state index is 0.00944. The van der Waals surface area contributed by atoms with Crippen molar-refractivity contribution in [2.24, 2.45) is 5.92 Å². The Hall–Kier alpha value is -1.55. The van der Waals surface area contributed by atoms with Gasteiger partial charge < -0.3 is 15.3 Å². The lowest BCUT2D eigenvalue weighted by Gasteiger charge is -2.35. The number of hydrogen-bond acceptors (Lipinski definition) is 2. The van der Waals surface area contributed by atoms with Crippen molar-refractivity contribution < 1.29 is 9.90 Å². The van der Waals surface area contributed by atoms with Crippen molar-refractivity contribution in [3.05, 3.63) is 35.4 Å². The van der Waals surface area contributed by atoms with Crippen molar-refractivity contribution in [2.45, 2.75) is 38.1 Å². The van der Waals surface area contributed by atoms with Gasteiger partial charge in [-0.15, -0.1) is 0 Å². The highest BCUT2D eigenvalue weighted by atomic mass is 16.3. The standard InChI is InChI=1S/C17H24N2O2/c20-11-10-19(17(21)18-12-13-8-9-13)16-7-3-5-14-4-1-2-6-15(14)16/h1-2,4,6,13,16,20H,3,5,7-12H2,(H,18,21). The summed E-state index contributed by atoms with van der Waals surface area (Å²) in [6.07, 6.45) is 5.62. The molecule has 2 aliphatic carbocycles. The van der Waals surface area contributed by atoms with Gasteiger partial charge in [-0.1, -0.05) is 24.3 Å². The molecule has 4 heteroatoms. The number of hydrogen-bond donors (Lipinski definition) is 2. The van der Waals surface area contributed by atoms with Gasteiger partial charge in [-0.25, -0.2) is 4.79 Å². The Bertz CT molecular complexity index is 499. The molecular formula is C17H24N2O2. The summed E-state index contributed by atoms with van der Waals surface area (Å²) in [7, 11) is 0. The summed E-state index contributed by atoms with van der Waals surface area (Å²) in [4.78, 5) is 14.3. The van der Waals surface area contributed by atoms with E-state index in [0.717, 1.165) is 25.8 Å². The predicted molar refractivity (Wildman–Crippen MR) is 82.0 cm³/mol. The molecule has 21 heavy (non-hydrogen) atoms. The third-order valence-corrected chi connectivity index (χ3v) is 4.55. The SMILES string of the molecule is O=C(NCC1CC1)N(CCO)C1CCCc2ccccc21. The van der Waals surface area contributed by atoms with Crippen LogP contribution in [-0.2, 0) is 6.42 Å². The first-order valence-electron chi connectivity index (χ1n) is 8.02. The Kier molecular flexibility index (Phi) is 4.44. The summed E-state index contributed by atoms with van der Waals surface area (Å²) in [5, 5.41) is 12.4. The van der Waals surface area contributed by atoms with E-state index in [-0.39, 0.29) is 18.7 Å². The van der Waals surface area contributed by atoms with Crippen LogP contribution in [0.25, 0.3) is 0 Å². The molecule has 1 saturated carbocycles. The molecule has 0 aromatic heterocycles. The average molecular weight is 288 g/mol. The number of aliphatic hydroxyl groups is 1. The van der Waals surface area contributed by atoms with Crippen LogP contribution >= 0.6 is 0 Å². The second-order valence-electron chi connectivity index (χ2n) is 6.15. The van der Waals surface area contributed by atoms with Crippen LogP contribution in [0.1, 0.15) is 42.9 Å². The predicted octanol–water partition coefficient (Wildman–Crippen LogP) is 2.48. The zero-order valence-electron chi connectivity index (χ0n) is 12.4. The molecule has 0 bridgehead atoms. The van der Waals surface area contributed by atoms with Gasteiger partial charge in [-0.05, 0) is 49.1 Å². The zero-order chi connectivity index (χ0) is 14.7. The molecule has 114 valence electrons. The molecule has 4 nitrogen and oxygen atoms in total. The minimum Gasteiger partial charge on any atom is -0.395 e. The lowest BCUT2D eigenvalue weighted by atomic mass is 9.87. The molecule has 0 aliphatic heterocycles. The highest BCUT2D eigenvalue weighted by Crippen LogP contribution is 2.34. The molecule has 2 amide bonds. The Morgan fingerprint density at radius 3 is 2.86 bits per heavy atom. The Morgan fingerprint density at radius 2 is 2.10 bits per heavy atom. The molecule has 2 aliphatic rings. The summed E-state index contributed by atoms with van der Waals surface area (Å²) >= 11 is 0. The normalized spacial score (nSPS) is 20.7. The van der Waals surface area contributed by atoms with Crippen molar-refractivity contribution in [3.8, 4) is 0 Å². The van der Waals surface area contributed by atoms with Crippen LogP contribution in [0.5, 0.6) is 0 Å². The average Bonchev–Trinajstić information content (AvgIpc) is 3.34. The second-order valence-corrected chi connectivity index (χ2v) is 6.15. The molecule has 0 saturated heterocycles. The molecule has 0 heterocycles. The van der Waals surface area contributed by atoms with Crippen LogP contribution in [-0.4, -0.2) is 35.7 Å². The van der Waals surface area contributed by atoms with E-state index in [1.54, 1.807) is 0 Å². The van der Waals surface area contributed by atoms with E-state index < -0.39 is 0 Å². The van der Waals surface area contributed by atoms with Crippen LogP contribution in [0, 0.1) is 5.92 Å². The second kappa shape index (κ2) is 6.48. The van der Waals surface area contributed by atoms with Gasteiger partial charge >= 0.3 is 6.03 Å². The number of nitrogens with one attached hydrogen (secondary N) is 1. The topological polar surface area (TPSA) is 52.6 Å². The molecule has 0 spiro atoms. The molecule has 1 unspecified atom stereocenters. The molecule has 1 fully saturated rings. The maximum Gasteiger partial charge on any atom is 0.318 e. The number of amides is 2. The molecule has 3 rings (SSSR count). The summed E-state index contributed by atoms with van der Waals surface area (Å²) in [5.41, 5.74) is 2.59. The number of urea groups is 1. The van der Waals surface area contributed by atoms with Crippen molar-refractivity contribution in [2.75, 3.05) is 19.7 Å². The van der Waals surface area contributed by atoms with Crippen molar-refractivity contribution >= 4 is 6.03 Å². The summed E-state index contributed by atoms with van der Waals surface area (Å²) in [6, 6.07) is 8.44. The van der Waals surface area contributed by atoms with E-state index in [9.17, 15) is 9.90 Å². The lowest BCUT2D eigenvalue weighted by Crippen LogP contribution is -2.45. The number of rotatable bonds is 5. The monoisotopic (exact) mass is 288 g/mol. The molecule has 1 atom stereocenters. The molecule has 1 aromatic rings. The van der Waals surface area contributed by atoms with Crippen molar-refractivity contribution in [1.29, 1.82) is 0 Å². The Morgan fingerprint density at radius 1 is 1.29 bits per heavy atom. The third-order valence-electron chi connectivity index (χ3n) is 4.55. The number of benzene rings is 1. The van der Waals surface area contributed by atoms with E-state index in [1.165, 1.54) is 24.0 Å². The van der Waals surface area contributed by atoms with Crippen LogP contribution in [0.4, 0.5) is 4.79 Å². The maximum absolute atomic E-state index is 12.5.